The van der Waals surface area contributed by atoms with Crippen LogP contribution in [0.25, 0.3) is 0 Å². The lowest BCUT2D eigenvalue weighted by atomic mass is 10.2. The summed E-state index contributed by atoms with van der Waals surface area (Å²) >= 11 is 1.37. The van der Waals surface area contributed by atoms with Gasteiger partial charge in [-0.3, -0.25) is 9.78 Å². The Labute approximate surface area is 67.7 Å². The zero-order valence-corrected chi connectivity index (χ0v) is 6.54. The highest BCUT2D eigenvalue weighted by atomic mass is 32.1. The Morgan fingerprint density at radius 2 is 2.64 bits per heavy atom. The van der Waals surface area contributed by atoms with Gasteiger partial charge in [0.05, 0.1) is 18.0 Å². The molecule has 0 bridgehead atoms. The third-order valence-corrected chi connectivity index (χ3v) is 2.12. The number of hydrogen-bond donors (Lipinski definition) is 2. The van der Waals surface area contributed by atoms with Crippen molar-refractivity contribution >= 4 is 17.3 Å². The van der Waals surface area contributed by atoms with Crippen LogP contribution in [0.2, 0.25) is 0 Å². The standard InChI is InChI=1S/C6H8N2O2S/c7-4(1-6(9)10)5-2-8-3-11-5/h2-4H,1,7H2,(H,9,10)/t4-/m1/s1. The average molecular weight is 172 g/mol. The molecule has 0 unspecified atom stereocenters. The Morgan fingerprint density at radius 1 is 1.91 bits per heavy atom. The van der Waals surface area contributed by atoms with E-state index in [2.05, 4.69) is 4.98 Å². The van der Waals surface area contributed by atoms with Gasteiger partial charge in [-0.1, -0.05) is 0 Å². The first kappa shape index (κ1) is 8.16. The van der Waals surface area contributed by atoms with Gasteiger partial charge < -0.3 is 10.8 Å². The predicted molar refractivity (Wildman–Crippen MR) is 41.3 cm³/mol. The summed E-state index contributed by atoms with van der Waals surface area (Å²) in [5.74, 6) is -0.883. The van der Waals surface area contributed by atoms with Gasteiger partial charge in [-0.15, -0.1) is 11.3 Å². The van der Waals surface area contributed by atoms with E-state index >= 15 is 0 Å². The van der Waals surface area contributed by atoms with Gasteiger partial charge in [-0.05, 0) is 0 Å². The largest absolute Gasteiger partial charge is 0.481 e. The number of aromatic nitrogens is 1. The number of thiazole rings is 1. The fourth-order valence-electron chi connectivity index (χ4n) is 0.697. The van der Waals surface area contributed by atoms with Crippen molar-refractivity contribution in [2.45, 2.75) is 12.5 Å². The summed E-state index contributed by atoms with van der Waals surface area (Å²) in [6, 6.07) is -0.417. The van der Waals surface area contributed by atoms with Crippen LogP contribution in [0.1, 0.15) is 17.3 Å². The summed E-state index contributed by atoms with van der Waals surface area (Å²) < 4.78 is 0. The lowest BCUT2D eigenvalue weighted by Gasteiger charge is -2.03. The van der Waals surface area contributed by atoms with E-state index in [1.165, 1.54) is 11.3 Å². The van der Waals surface area contributed by atoms with Gasteiger partial charge >= 0.3 is 5.97 Å². The van der Waals surface area contributed by atoms with Crippen molar-refractivity contribution < 1.29 is 9.90 Å². The van der Waals surface area contributed by atoms with E-state index in [-0.39, 0.29) is 6.42 Å². The molecule has 1 heterocycles. The molecule has 0 spiro atoms. The molecule has 4 nitrogen and oxygen atoms in total. The van der Waals surface area contributed by atoms with E-state index in [0.29, 0.717) is 0 Å². The fraction of sp³-hybridized carbons (Fsp3) is 0.333. The van der Waals surface area contributed by atoms with Crippen molar-refractivity contribution in [3.8, 4) is 0 Å². The van der Waals surface area contributed by atoms with Crippen LogP contribution in [0.3, 0.4) is 0 Å². The molecule has 1 atom stereocenters. The van der Waals surface area contributed by atoms with Crippen molar-refractivity contribution in [3.63, 3.8) is 0 Å². The SMILES string of the molecule is N[C@H](CC(=O)O)c1cncs1. The van der Waals surface area contributed by atoms with Crippen LogP contribution in [0.15, 0.2) is 11.7 Å². The fourth-order valence-corrected chi connectivity index (χ4v) is 1.32. The van der Waals surface area contributed by atoms with Crippen LogP contribution in [0.4, 0.5) is 0 Å². The van der Waals surface area contributed by atoms with Crippen molar-refractivity contribution in [1.29, 1.82) is 0 Å². The van der Waals surface area contributed by atoms with Crippen LogP contribution in [-0.4, -0.2) is 16.1 Å². The minimum absolute atomic E-state index is 0.0395. The van der Waals surface area contributed by atoms with Crippen LogP contribution in [-0.2, 0) is 4.79 Å². The number of rotatable bonds is 3. The molecule has 1 aromatic heterocycles. The molecule has 0 aliphatic carbocycles. The van der Waals surface area contributed by atoms with Gasteiger partial charge in [0.15, 0.2) is 0 Å². The minimum Gasteiger partial charge on any atom is -0.481 e. The van der Waals surface area contributed by atoms with Crippen molar-refractivity contribution in [2.24, 2.45) is 5.73 Å². The molecule has 0 amide bonds. The zero-order valence-electron chi connectivity index (χ0n) is 5.73. The molecule has 0 aliphatic rings. The molecule has 0 aromatic carbocycles. The van der Waals surface area contributed by atoms with Crippen molar-refractivity contribution in [3.05, 3.63) is 16.6 Å². The molecule has 11 heavy (non-hydrogen) atoms. The number of carboxylic acid groups (broad SMARTS) is 1. The zero-order chi connectivity index (χ0) is 8.27. The molecule has 3 N–H and O–H groups in total. The Bertz CT molecular complexity index is 235. The second-order valence-electron chi connectivity index (χ2n) is 2.11. The highest BCUT2D eigenvalue weighted by molar-refractivity contribution is 7.09. The molecular formula is C6H8N2O2S. The molecule has 0 aliphatic heterocycles. The normalized spacial score (nSPS) is 12.8. The summed E-state index contributed by atoms with van der Waals surface area (Å²) in [5, 5.41) is 8.39. The number of carbonyl (C=O) groups is 1. The first-order valence-electron chi connectivity index (χ1n) is 3.06. The summed E-state index contributed by atoms with van der Waals surface area (Å²) in [5.41, 5.74) is 7.17. The Hall–Kier alpha value is -0.940. The number of hydrogen-bond acceptors (Lipinski definition) is 4. The maximum absolute atomic E-state index is 10.2. The molecule has 0 radical (unpaired) electrons. The van der Waals surface area contributed by atoms with Gasteiger partial charge in [-0.25, -0.2) is 0 Å². The molecule has 1 rings (SSSR count). The molecule has 60 valence electrons. The monoisotopic (exact) mass is 172 g/mol. The maximum atomic E-state index is 10.2. The van der Waals surface area contributed by atoms with E-state index < -0.39 is 12.0 Å². The lowest BCUT2D eigenvalue weighted by Crippen LogP contribution is -2.13. The van der Waals surface area contributed by atoms with Gasteiger partial charge in [-0.2, -0.15) is 0 Å². The lowest BCUT2D eigenvalue weighted by molar-refractivity contribution is -0.137. The second-order valence-corrected chi connectivity index (χ2v) is 3.03. The van der Waals surface area contributed by atoms with Gasteiger partial charge in [0.1, 0.15) is 0 Å². The van der Waals surface area contributed by atoms with E-state index in [4.69, 9.17) is 10.8 Å². The molecule has 1 aromatic rings. The van der Waals surface area contributed by atoms with E-state index in [1.54, 1.807) is 11.7 Å². The topological polar surface area (TPSA) is 76.2 Å². The van der Waals surface area contributed by atoms with Crippen molar-refractivity contribution in [2.75, 3.05) is 0 Å². The molecule has 0 saturated carbocycles. The predicted octanol–water partition coefficient (Wildman–Crippen LogP) is 0.618. The maximum Gasteiger partial charge on any atom is 0.305 e. The van der Waals surface area contributed by atoms with Crippen molar-refractivity contribution in [1.82, 2.24) is 4.98 Å². The number of aliphatic carboxylic acids is 1. The summed E-state index contributed by atoms with van der Waals surface area (Å²) in [6.45, 7) is 0. The van der Waals surface area contributed by atoms with E-state index in [9.17, 15) is 4.79 Å². The highest BCUT2D eigenvalue weighted by Crippen LogP contribution is 2.17. The Kier molecular flexibility index (Phi) is 2.56. The molecule has 5 heteroatoms. The van der Waals surface area contributed by atoms with Gasteiger partial charge in [0, 0.05) is 11.1 Å². The van der Waals surface area contributed by atoms with Crippen LogP contribution in [0.5, 0.6) is 0 Å². The van der Waals surface area contributed by atoms with Crippen LogP contribution < -0.4 is 5.73 Å². The van der Waals surface area contributed by atoms with Gasteiger partial charge in [0.2, 0.25) is 0 Å². The van der Waals surface area contributed by atoms with Crippen LogP contribution >= 0.6 is 11.3 Å². The van der Waals surface area contributed by atoms with E-state index in [0.717, 1.165) is 4.88 Å². The number of nitrogens with two attached hydrogens (primary N) is 1. The molecular weight excluding hydrogens is 164 g/mol. The summed E-state index contributed by atoms with van der Waals surface area (Å²) in [7, 11) is 0. The second kappa shape index (κ2) is 3.45. The third kappa shape index (κ3) is 2.28. The number of nitrogens with zero attached hydrogens (tertiary/aromatic N) is 1. The first-order valence-corrected chi connectivity index (χ1v) is 3.94. The molecule has 0 fully saturated rings. The average Bonchev–Trinajstić information content (AvgIpc) is 2.35. The third-order valence-electron chi connectivity index (χ3n) is 1.21. The van der Waals surface area contributed by atoms with Crippen LogP contribution in [0, 0.1) is 0 Å². The van der Waals surface area contributed by atoms with Gasteiger partial charge in [0.25, 0.3) is 0 Å². The summed E-state index contributed by atoms with van der Waals surface area (Å²) in [6.07, 6.45) is 1.56. The Morgan fingerprint density at radius 3 is 3.09 bits per heavy atom. The highest BCUT2D eigenvalue weighted by Gasteiger charge is 2.10. The molecule has 0 saturated heterocycles. The Balaban J connectivity index is 2.56. The quantitative estimate of drug-likeness (QED) is 0.700. The summed E-state index contributed by atoms with van der Waals surface area (Å²) in [4.78, 5) is 14.8. The number of carboxylic acids is 1. The first-order chi connectivity index (χ1) is 5.20. The van der Waals surface area contributed by atoms with E-state index in [1.807, 2.05) is 0 Å². The smallest absolute Gasteiger partial charge is 0.305 e. The minimum atomic E-state index is -0.883.